The van der Waals surface area contributed by atoms with E-state index in [1.807, 2.05) is 30.3 Å². The van der Waals surface area contributed by atoms with Crippen LogP contribution in [0.4, 0.5) is 10.1 Å². The molecule has 0 radical (unpaired) electrons. The second kappa shape index (κ2) is 10.9. The van der Waals surface area contributed by atoms with Crippen LogP contribution in [0.25, 0.3) is 0 Å². The van der Waals surface area contributed by atoms with Crippen LogP contribution in [0, 0.1) is 5.82 Å². The van der Waals surface area contributed by atoms with Crippen molar-refractivity contribution >= 4 is 27.5 Å². The summed E-state index contributed by atoms with van der Waals surface area (Å²) in [6.07, 6.45) is 1.86. The minimum Gasteiger partial charge on any atom is -0.357 e. The molecule has 0 spiro atoms. The van der Waals surface area contributed by atoms with Crippen molar-refractivity contribution < 1.29 is 22.4 Å². The first-order valence-electron chi connectivity index (χ1n) is 9.95. The van der Waals surface area contributed by atoms with Crippen LogP contribution >= 0.6 is 0 Å². The lowest BCUT2D eigenvalue weighted by Crippen LogP contribution is -2.52. The van der Waals surface area contributed by atoms with Crippen molar-refractivity contribution in [3.63, 3.8) is 0 Å². The molecular weight excluding hydrogens is 421 g/mol. The smallest absolute Gasteiger partial charge is 0.244 e. The molecule has 0 aromatic heterocycles. The number of nitrogens with zero attached hydrogens (tertiary/aromatic N) is 2. The molecule has 7 nitrogen and oxygen atoms in total. The Morgan fingerprint density at radius 1 is 1.06 bits per heavy atom. The molecular formula is C22H28FN3O4S. The standard InChI is InChI=1S/C22H28FN3O4S/c1-4-20(22(28)24-2)25(15-14-17-8-6-5-7-9-17)21(27)16-26(31(3,29)30)19-12-10-18(23)11-13-19/h5-13,20H,4,14-16H2,1-3H3,(H,24,28)/t20-/m0/s1. The predicted octanol–water partition coefficient (Wildman–Crippen LogP) is 2.19. The van der Waals surface area contributed by atoms with Crippen LogP contribution in [0.3, 0.4) is 0 Å². The molecule has 1 atom stereocenters. The number of sulfonamides is 1. The molecule has 168 valence electrons. The molecule has 0 heterocycles. The molecule has 0 saturated carbocycles. The number of halogens is 1. The molecule has 0 aliphatic carbocycles. The monoisotopic (exact) mass is 449 g/mol. The zero-order valence-corrected chi connectivity index (χ0v) is 18.7. The fourth-order valence-electron chi connectivity index (χ4n) is 3.28. The minimum absolute atomic E-state index is 0.174. The predicted molar refractivity (Wildman–Crippen MR) is 119 cm³/mol. The van der Waals surface area contributed by atoms with Crippen LogP contribution in [0.1, 0.15) is 18.9 Å². The highest BCUT2D eigenvalue weighted by Gasteiger charge is 2.30. The van der Waals surface area contributed by atoms with Gasteiger partial charge in [-0.1, -0.05) is 37.3 Å². The van der Waals surface area contributed by atoms with Gasteiger partial charge in [0.25, 0.3) is 0 Å². The van der Waals surface area contributed by atoms with E-state index < -0.39 is 34.3 Å². The number of nitrogens with one attached hydrogen (secondary N) is 1. The Kier molecular flexibility index (Phi) is 8.56. The van der Waals surface area contributed by atoms with E-state index in [1.54, 1.807) is 6.92 Å². The maximum atomic E-state index is 13.3. The van der Waals surface area contributed by atoms with E-state index in [0.29, 0.717) is 12.8 Å². The van der Waals surface area contributed by atoms with Gasteiger partial charge in [-0.25, -0.2) is 12.8 Å². The van der Waals surface area contributed by atoms with Gasteiger partial charge in [0.1, 0.15) is 18.4 Å². The molecule has 0 aliphatic rings. The average molecular weight is 450 g/mol. The number of anilines is 1. The van der Waals surface area contributed by atoms with Gasteiger partial charge in [0.05, 0.1) is 11.9 Å². The molecule has 31 heavy (non-hydrogen) atoms. The largest absolute Gasteiger partial charge is 0.357 e. The van der Waals surface area contributed by atoms with Gasteiger partial charge in [0.2, 0.25) is 21.8 Å². The Bertz CT molecular complexity index is 982. The third kappa shape index (κ3) is 6.78. The lowest BCUT2D eigenvalue weighted by atomic mass is 10.1. The maximum absolute atomic E-state index is 13.3. The Labute approximate surface area is 182 Å². The van der Waals surface area contributed by atoms with Crippen molar-refractivity contribution in [2.45, 2.75) is 25.8 Å². The van der Waals surface area contributed by atoms with Gasteiger partial charge in [-0.05, 0) is 42.7 Å². The first-order valence-corrected chi connectivity index (χ1v) is 11.8. The van der Waals surface area contributed by atoms with Crippen molar-refractivity contribution in [3.8, 4) is 0 Å². The Morgan fingerprint density at radius 3 is 2.19 bits per heavy atom. The highest BCUT2D eigenvalue weighted by molar-refractivity contribution is 7.92. The number of likely N-dealkylation sites (N-methyl/N-ethyl adjacent to an activating group) is 1. The summed E-state index contributed by atoms with van der Waals surface area (Å²) in [5.41, 5.74) is 1.17. The highest BCUT2D eigenvalue weighted by atomic mass is 32.2. The number of hydrogen-bond acceptors (Lipinski definition) is 4. The lowest BCUT2D eigenvalue weighted by Gasteiger charge is -2.32. The molecule has 2 amide bonds. The quantitative estimate of drug-likeness (QED) is 0.602. The van der Waals surface area contributed by atoms with Crippen LogP contribution < -0.4 is 9.62 Å². The SMILES string of the molecule is CC[C@@H](C(=O)NC)N(CCc1ccccc1)C(=O)CN(c1ccc(F)cc1)S(C)(=O)=O. The molecule has 1 N–H and O–H groups in total. The first kappa shape index (κ1) is 24.3. The second-order valence-electron chi connectivity index (χ2n) is 7.11. The van der Waals surface area contributed by atoms with Crippen molar-refractivity contribution in [3.05, 3.63) is 66.0 Å². The van der Waals surface area contributed by atoms with Crippen molar-refractivity contribution in [1.29, 1.82) is 0 Å². The molecule has 2 aromatic carbocycles. The van der Waals surface area contributed by atoms with Crippen LogP contribution in [0.2, 0.25) is 0 Å². The molecule has 0 unspecified atom stereocenters. The molecule has 0 aliphatic heterocycles. The number of rotatable bonds is 10. The zero-order valence-electron chi connectivity index (χ0n) is 17.9. The Morgan fingerprint density at radius 2 is 1.68 bits per heavy atom. The summed E-state index contributed by atoms with van der Waals surface area (Å²) >= 11 is 0. The number of carbonyl (C=O) groups is 2. The van der Waals surface area contributed by atoms with E-state index >= 15 is 0 Å². The van der Waals surface area contributed by atoms with Gasteiger partial charge in [0.15, 0.2) is 0 Å². The van der Waals surface area contributed by atoms with E-state index in [0.717, 1.165) is 28.3 Å². The maximum Gasteiger partial charge on any atom is 0.244 e. The summed E-state index contributed by atoms with van der Waals surface area (Å²) in [6, 6.07) is 13.6. The topological polar surface area (TPSA) is 86.8 Å². The van der Waals surface area contributed by atoms with Gasteiger partial charge < -0.3 is 10.2 Å². The molecule has 2 rings (SSSR count). The van der Waals surface area contributed by atoms with E-state index in [-0.39, 0.29) is 18.1 Å². The third-order valence-corrected chi connectivity index (χ3v) is 6.05. The van der Waals surface area contributed by atoms with Gasteiger partial charge in [-0.2, -0.15) is 0 Å². The summed E-state index contributed by atoms with van der Waals surface area (Å²) in [5.74, 6) is -1.35. The third-order valence-electron chi connectivity index (χ3n) is 4.91. The van der Waals surface area contributed by atoms with Crippen LogP contribution in [0.5, 0.6) is 0 Å². The number of benzene rings is 2. The minimum atomic E-state index is -3.82. The van der Waals surface area contributed by atoms with Crippen molar-refractivity contribution in [2.24, 2.45) is 0 Å². The van der Waals surface area contributed by atoms with E-state index in [4.69, 9.17) is 0 Å². The van der Waals surface area contributed by atoms with Gasteiger partial charge >= 0.3 is 0 Å². The molecule has 0 bridgehead atoms. The number of amides is 2. The van der Waals surface area contributed by atoms with Gasteiger partial charge in [-0.15, -0.1) is 0 Å². The molecule has 2 aromatic rings. The normalized spacial score (nSPS) is 12.1. The van der Waals surface area contributed by atoms with Crippen LogP contribution in [-0.4, -0.2) is 57.6 Å². The van der Waals surface area contributed by atoms with Crippen molar-refractivity contribution in [2.75, 3.05) is 30.7 Å². The first-order chi connectivity index (χ1) is 14.7. The average Bonchev–Trinajstić information content (AvgIpc) is 2.75. The lowest BCUT2D eigenvalue weighted by molar-refractivity contribution is -0.139. The molecule has 0 saturated heterocycles. The fraction of sp³-hybridized carbons (Fsp3) is 0.364. The van der Waals surface area contributed by atoms with E-state index in [2.05, 4.69) is 5.32 Å². The fourth-order valence-corrected chi connectivity index (χ4v) is 4.13. The number of carbonyl (C=O) groups excluding carboxylic acids is 2. The second-order valence-corrected chi connectivity index (χ2v) is 9.01. The van der Waals surface area contributed by atoms with Gasteiger partial charge in [0, 0.05) is 13.6 Å². The molecule has 0 fully saturated rings. The van der Waals surface area contributed by atoms with Gasteiger partial charge in [-0.3, -0.25) is 13.9 Å². The highest BCUT2D eigenvalue weighted by Crippen LogP contribution is 2.19. The van der Waals surface area contributed by atoms with Crippen LogP contribution in [0.15, 0.2) is 54.6 Å². The van der Waals surface area contributed by atoms with E-state index in [1.165, 1.54) is 24.1 Å². The zero-order chi connectivity index (χ0) is 23.0. The summed E-state index contributed by atoms with van der Waals surface area (Å²) in [6.45, 7) is 1.54. The summed E-state index contributed by atoms with van der Waals surface area (Å²) in [5, 5.41) is 2.56. The summed E-state index contributed by atoms with van der Waals surface area (Å²) in [7, 11) is -2.33. The summed E-state index contributed by atoms with van der Waals surface area (Å²) in [4.78, 5) is 27.1. The van der Waals surface area contributed by atoms with Crippen molar-refractivity contribution in [1.82, 2.24) is 10.2 Å². The van der Waals surface area contributed by atoms with E-state index in [9.17, 15) is 22.4 Å². The molecule has 9 heteroatoms. The number of hydrogen-bond donors (Lipinski definition) is 1. The Hall–Kier alpha value is -2.94. The summed E-state index contributed by atoms with van der Waals surface area (Å²) < 4.78 is 38.9. The Balaban J connectivity index is 2.32. The van der Waals surface area contributed by atoms with Crippen LogP contribution in [-0.2, 0) is 26.0 Å².